The lowest BCUT2D eigenvalue weighted by Crippen LogP contribution is -2.45. The third-order valence-electron chi connectivity index (χ3n) is 3.74. The number of likely N-dealkylation sites (N-methyl/N-ethyl adjacent to an activating group) is 1. The van der Waals surface area contributed by atoms with Crippen LogP contribution < -0.4 is 5.73 Å². The zero-order valence-corrected chi connectivity index (χ0v) is 13.2. The van der Waals surface area contributed by atoms with Gasteiger partial charge in [0.1, 0.15) is 6.04 Å². The molecule has 0 saturated carbocycles. The highest BCUT2D eigenvalue weighted by Crippen LogP contribution is 2.14. The van der Waals surface area contributed by atoms with E-state index in [0.29, 0.717) is 12.6 Å². The first-order valence-electron chi connectivity index (χ1n) is 7.16. The Morgan fingerprint density at radius 3 is 2.32 bits per heavy atom. The predicted molar refractivity (Wildman–Crippen MR) is 78.7 cm³/mol. The number of aliphatic hydroxyl groups excluding tert-OH is 1. The second kappa shape index (κ2) is 8.51. The maximum Gasteiger partial charge on any atom is 0.241 e. The summed E-state index contributed by atoms with van der Waals surface area (Å²) in [5.74, 6) is -0.179. The summed E-state index contributed by atoms with van der Waals surface area (Å²) in [7, 11) is 8.42. The molecule has 0 aromatic rings. The molecular formula is C14H32N3O2+. The highest BCUT2D eigenvalue weighted by molar-refractivity contribution is 5.81. The quantitative estimate of drug-likeness (QED) is 0.473. The van der Waals surface area contributed by atoms with Crippen LogP contribution in [0.25, 0.3) is 0 Å². The maximum absolute atomic E-state index is 11.7. The van der Waals surface area contributed by atoms with Gasteiger partial charge in [0, 0.05) is 13.6 Å². The van der Waals surface area contributed by atoms with Gasteiger partial charge in [-0.2, -0.15) is 0 Å². The molecule has 0 aliphatic rings. The molecule has 0 bridgehead atoms. The second-order valence-electron chi connectivity index (χ2n) is 6.22. The van der Waals surface area contributed by atoms with Crippen molar-refractivity contribution >= 4 is 5.91 Å². The van der Waals surface area contributed by atoms with Crippen molar-refractivity contribution in [1.29, 1.82) is 0 Å². The molecule has 0 rings (SSSR count). The Morgan fingerprint density at radius 2 is 1.89 bits per heavy atom. The Hall–Kier alpha value is -0.650. The van der Waals surface area contributed by atoms with Gasteiger partial charge in [-0.15, -0.1) is 0 Å². The van der Waals surface area contributed by atoms with E-state index in [1.54, 1.807) is 11.9 Å². The highest BCUT2D eigenvalue weighted by Gasteiger charge is 2.21. The van der Waals surface area contributed by atoms with Gasteiger partial charge in [-0.1, -0.05) is 6.92 Å². The number of aliphatic hydroxyl groups is 1. The second-order valence-corrected chi connectivity index (χ2v) is 6.22. The topological polar surface area (TPSA) is 66.6 Å². The Morgan fingerprint density at radius 1 is 1.32 bits per heavy atom. The van der Waals surface area contributed by atoms with E-state index in [1.165, 1.54) is 12.8 Å². The molecule has 0 heterocycles. The van der Waals surface area contributed by atoms with Crippen LogP contribution in [-0.4, -0.2) is 73.8 Å². The standard InChI is InChI=1S/C14H32N3O2/c1-6-12(17(3,4)5)9-7-8-10-16(2)14(19)13(15)11-18/h12-13,18H,6-11,15H2,1-5H3/q+1. The van der Waals surface area contributed by atoms with Gasteiger partial charge in [-0.05, 0) is 25.7 Å². The molecule has 5 nitrogen and oxygen atoms in total. The van der Waals surface area contributed by atoms with Gasteiger partial charge in [-0.3, -0.25) is 4.79 Å². The van der Waals surface area contributed by atoms with Gasteiger partial charge < -0.3 is 20.2 Å². The van der Waals surface area contributed by atoms with Crippen molar-refractivity contribution in [2.75, 3.05) is 41.3 Å². The van der Waals surface area contributed by atoms with Gasteiger partial charge in [0.25, 0.3) is 0 Å². The number of hydrogen-bond donors (Lipinski definition) is 2. The first kappa shape index (κ1) is 18.4. The fourth-order valence-electron chi connectivity index (χ4n) is 2.34. The van der Waals surface area contributed by atoms with Gasteiger partial charge in [-0.25, -0.2) is 0 Å². The Kier molecular flexibility index (Phi) is 8.22. The fourth-order valence-corrected chi connectivity index (χ4v) is 2.34. The third-order valence-corrected chi connectivity index (χ3v) is 3.74. The molecule has 0 aromatic carbocycles. The molecule has 19 heavy (non-hydrogen) atoms. The fraction of sp³-hybridized carbons (Fsp3) is 0.929. The molecule has 0 radical (unpaired) electrons. The van der Waals surface area contributed by atoms with Crippen LogP contribution in [0.5, 0.6) is 0 Å². The van der Waals surface area contributed by atoms with Crippen molar-refractivity contribution in [2.45, 2.75) is 44.7 Å². The summed E-state index contributed by atoms with van der Waals surface area (Å²) >= 11 is 0. The van der Waals surface area contributed by atoms with E-state index in [-0.39, 0.29) is 12.5 Å². The monoisotopic (exact) mass is 274 g/mol. The summed E-state index contributed by atoms with van der Waals surface area (Å²) in [6, 6.07) is -0.111. The number of unbranched alkanes of at least 4 members (excludes halogenated alkanes) is 1. The number of hydrogen-bond acceptors (Lipinski definition) is 3. The van der Waals surface area contributed by atoms with Gasteiger partial charge in [0.2, 0.25) is 5.91 Å². The van der Waals surface area contributed by atoms with Crippen LogP contribution in [0.15, 0.2) is 0 Å². The van der Waals surface area contributed by atoms with E-state index in [2.05, 4.69) is 28.1 Å². The van der Waals surface area contributed by atoms with Crippen LogP contribution in [0.2, 0.25) is 0 Å². The smallest absolute Gasteiger partial charge is 0.241 e. The number of carbonyl (C=O) groups excluding carboxylic acids is 1. The summed E-state index contributed by atoms with van der Waals surface area (Å²) in [6.07, 6.45) is 4.44. The number of rotatable bonds is 9. The first-order chi connectivity index (χ1) is 8.73. The Labute approximate surface area is 118 Å². The molecule has 0 saturated heterocycles. The molecule has 5 heteroatoms. The van der Waals surface area contributed by atoms with Gasteiger partial charge in [0.15, 0.2) is 0 Å². The summed E-state index contributed by atoms with van der Waals surface area (Å²) < 4.78 is 0.987. The zero-order chi connectivity index (χ0) is 15.1. The van der Waals surface area contributed by atoms with Crippen molar-refractivity contribution in [3.63, 3.8) is 0 Å². The molecule has 0 aliphatic carbocycles. The van der Waals surface area contributed by atoms with Crippen LogP contribution >= 0.6 is 0 Å². The van der Waals surface area contributed by atoms with Crippen molar-refractivity contribution in [3.8, 4) is 0 Å². The Bertz CT molecular complexity index is 264. The number of nitrogens with two attached hydrogens (primary N) is 1. The zero-order valence-electron chi connectivity index (χ0n) is 13.2. The lowest BCUT2D eigenvalue weighted by atomic mass is 10.0. The highest BCUT2D eigenvalue weighted by atomic mass is 16.3. The van der Waals surface area contributed by atoms with Gasteiger partial charge >= 0.3 is 0 Å². The van der Waals surface area contributed by atoms with E-state index in [1.807, 2.05) is 0 Å². The summed E-state index contributed by atoms with van der Waals surface area (Å²) in [5.41, 5.74) is 5.50. The predicted octanol–water partition coefficient (Wildman–Crippen LogP) is 0.420. The minimum atomic E-state index is -0.778. The van der Waals surface area contributed by atoms with Crippen molar-refractivity contribution in [3.05, 3.63) is 0 Å². The summed E-state index contributed by atoms with van der Waals surface area (Å²) in [5, 5.41) is 8.85. The van der Waals surface area contributed by atoms with E-state index in [9.17, 15) is 4.79 Å². The van der Waals surface area contributed by atoms with Crippen molar-refractivity contribution in [1.82, 2.24) is 4.90 Å². The van der Waals surface area contributed by atoms with Crippen LogP contribution in [-0.2, 0) is 4.79 Å². The maximum atomic E-state index is 11.7. The molecule has 0 aliphatic heterocycles. The van der Waals surface area contributed by atoms with Crippen LogP contribution in [0.4, 0.5) is 0 Å². The third kappa shape index (κ3) is 6.89. The normalized spacial score (nSPS) is 15.1. The van der Waals surface area contributed by atoms with E-state index in [4.69, 9.17) is 10.8 Å². The molecule has 0 spiro atoms. The molecule has 2 unspecified atom stereocenters. The van der Waals surface area contributed by atoms with Crippen molar-refractivity contribution in [2.24, 2.45) is 5.73 Å². The lowest BCUT2D eigenvalue weighted by molar-refractivity contribution is -0.896. The number of amides is 1. The first-order valence-corrected chi connectivity index (χ1v) is 7.16. The number of carbonyl (C=O) groups is 1. The minimum Gasteiger partial charge on any atom is -0.394 e. The molecule has 2 atom stereocenters. The minimum absolute atomic E-state index is 0.179. The molecule has 3 N–H and O–H groups in total. The number of nitrogens with zero attached hydrogens (tertiary/aromatic N) is 2. The van der Waals surface area contributed by atoms with E-state index >= 15 is 0 Å². The van der Waals surface area contributed by atoms with E-state index in [0.717, 1.165) is 17.3 Å². The average molecular weight is 274 g/mol. The molecule has 0 fully saturated rings. The van der Waals surface area contributed by atoms with Crippen LogP contribution in [0.1, 0.15) is 32.6 Å². The average Bonchev–Trinajstić information content (AvgIpc) is 2.34. The number of quaternary nitrogens is 1. The lowest BCUT2D eigenvalue weighted by Gasteiger charge is -2.33. The summed E-state index contributed by atoms with van der Waals surface area (Å²) in [4.78, 5) is 13.3. The van der Waals surface area contributed by atoms with Crippen molar-refractivity contribution < 1.29 is 14.4 Å². The summed E-state index contributed by atoms with van der Waals surface area (Å²) in [6.45, 7) is 2.65. The largest absolute Gasteiger partial charge is 0.394 e. The van der Waals surface area contributed by atoms with E-state index < -0.39 is 6.04 Å². The SMILES string of the molecule is CCC(CCCCN(C)C(=O)C(N)CO)[N+](C)(C)C. The van der Waals surface area contributed by atoms with Crippen LogP contribution in [0.3, 0.4) is 0 Å². The molecule has 0 aromatic heterocycles. The van der Waals surface area contributed by atoms with Gasteiger partial charge in [0.05, 0.1) is 33.8 Å². The molecular weight excluding hydrogens is 242 g/mol. The van der Waals surface area contributed by atoms with Crippen LogP contribution in [0, 0.1) is 0 Å². The molecule has 114 valence electrons. The molecule has 1 amide bonds. The Balaban J connectivity index is 3.95.